The summed E-state index contributed by atoms with van der Waals surface area (Å²) in [5.41, 5.74) is 1.96. The van der Waals surface area contributed by atoms with Crippen LogP contribution in [0.2, 0.25) is 0 Å². The zero-order valence-corrected chi connectivity index (χ0v) is 15.2. The lowest BCUT2D eigenvalue weighted by molar-refractivity contribution is -0.113. The highest BCUT2D eigenvalue weighted by Gasteiger charge is 2.14. The fraction of sp³-hybridized carbons (Fsp3) is 0.150. The topological polar surface area (TPSA) is 59.8 Å². The van der Waals surface area contributed by atoms with Gasteiger partial charge in [-0.1, -0.05) is 66.4 Å². The Labute approximate surface area is 157 Å². The number of allylic oxidation sites excluding steroid dienone is 1. The molecule has 132 valence electrons. The lowest BCUT2D eigenvalue weighted by Crippen LogP contribution is -2.14. The Morgan fingerprint density at radius 2 is 1.77 bits per heavy atom. The number of hydrogen-bond donors (Lipinski definition) is 1. The number of benzene rings is 2. The highest BCUT2D eigenvalue weighted by Crippen LogP contribution is 2.19. The third-order valence-corrected chi connectivity index (χ3v) is 4.67. The van der Waals surface area contributed by atoms with Crippen LogP contribution in [-0.4, -0.2) is 26.4 Å². The lowest BCUT2D eigenvalue weighted by atomic mass is 10.1. The summed E-state index contributed by atoms with van der Waals surface area (Å²) >= 11 is 1.38. The molecule has 1 amide bonds. The first-order valence-corrected chi connectivity index (χ1v) is 9.29. The number of anilines is 1. The predicted octanol–water partition coefficient (Wildman–Crippen LogP) is 3.79. The van der Waals surface area contributed by atoms with Crippen molar-refractivity contribution in [3.8, 4) is 0 Å². The molecule has 0 saturated heterocycles. The maximum Gasteiger partial charge on any atom is 0.234 e. The molecule has 3 aromatic rings. The molecule has 0 saturated carbocycles. The van der Waals surface area contributed by atoms with Gasteiger partial charge in [-0.15, -0.1) is 16.8 Å². The summed E-state index contributed by atoms with van der Waals surface area (Å²) in [6, 6.07) is 19.5. The van der Waals surface area contributed by atoms with Crippen molar-refractivity contribution in [3.63, 3.8) is 0 Å². The molecule has 5 nitrogen and oxygen atoms in total. The van der Waals surface area contributed by atoms with Gasteiger partial charge < -0.3 is 9.88 Å². The number of nitrogens with one attached hydrogen (secondary N) is 1. The molecule has 0 bridgehead atoms. The number of rotatable bonds is 8. The molecule has 0 aliphatic rings. The summed E-state index contributed by atoms with van der Waals surface area (Å²) in [4.78, 5) is 12.1. The normalized spacial score (nSPS) is 10.5. The number of carbonyl (C=O) groups is 1. The van der Waals surface area contributed by atoms with E-state index in [0.717, 1.165) is 16.7 Å². The third kappa shape index (κ3) is 4.83. The van der Waals surface area contributed by atoms with Crippen LogP contribution >= 0.6 is 11.8 Å². The van der Waals surface area contributed by atoms with Crippen LogP contribution in [-0.2, 0) is 17.8 Å². The lowest BCUT2D eigenvalue weighted by Gasteiger charge is -2.08. The van der Waals surface area contributed by atoms with Crippen molar-refractivity contribution in [2.75, 3.05) is 11.1 Å². The summed E-state index contributed by atoms with van der Waals surface area (Å²) in [5, 5.41) is 12.2. The average molecular weight is 364 g/mol. The van der Waals surface area contributed by atoms with E-state index in [1.807, 2.05) is 59.2 Å². The molecule has 1 aromatic heterocycles. The van der Waals surface area contributed by atoms with Crippen LogP contribution in [0.4, 0.5) is 5.69 Å². The fourth-order valence-electron chi connectivity index (χ4n) is 2.50. The minimum Gasteiger partial charge on any atom is -0.325 e. The van der Waals surface area contributed by atoms with E-state index in [-0.39, 0.29) is 11.7 Å². The van der Waals surface area contributed by atoms with Gasteiger partial charge in [-0.05, 0) is 17.7 Å². The second-order valence-corrected chi connectivity index (χ2v) is 6.61. The van der Waals surface area contributed by atoms with Gasteiger partial charge in [0.1, 0.15) is 5.82 Å². The zero-order chi connectivity index (χ0) is 18.2. The summed E-state index contributed by atoms with van der Waals surface area (Å²) in [6.45, 7) is 4.42. The molecule has 0 aliphatic heterocycles. The van der Waals surface area contributed by atoms with Crippen molar-refractivity contribution in [3.05, 3.63) is 84.7 Å². The Balaban J connectivity index is 1.65. The van der Waals surface area contributed by atoms with Crippen molar-refractivity contribution in [2.45, 2.75) is 18.1 Å². The predicted molar refractivity (Wildman–Crippen MR) is 105 cm³/mol. The molecule has 2 aromatic carbocycles. The van der Waals surface area contributed by atoms with Crippen LogP contribution < -0.4 is 5.32 Å². The molecule has 1 N–H and O–H groups in total. The van der Waals surface area contributed by atoms with Gasteiger partial charge in [-0.3, -0.25) is 4.79 Å². The van der Waals surface area contributed by atoms with E-state index in [1.54, 1.807) is 0 Å². The van der Waals surface area contributed by atoms with Crippen molar-refractivity contribution in [2.24, 2.45) is 0 Å². The molecule has 0 unspecified atom stereocenters. The Morgan fingerprint density at radius 1 is 1.08 bits per heavy atom. The van der Waals surface area contributed by atoms with Gasteiger partial charge in [-0.2, -0.15) is 0 Å². The second-order valence-electron chi connectivity index (χ2n) is 5.66. The molecule has 0 aliphatic carbocycles. The van der Waals surface area contributed by atoms with Gasteiger partial charge >= 0.3 is 0 Å². The Kier molecular flexibility index (Phi) is 6.22. The molecular formula is C20H20N4OS. The van der Waals surface area contributed by atoms with E-state index in [0.29, 0.717) is 13.0 Å². The van der Waals surface area contributed by atoms with Gasteiger partial charge in [0.2, 0.25) is 5.91 Å². The van der Waals surface area contributed by atoms with E-state index in [9.17, 15) is 4.79 Å². The Bertz CT molecular complexity index is 862. The van der Waals surface area contributed by atoms with Gasteiger partial charge in [0.15, 0.2) is 5.16 Å². The van der Waals surface area contributed by atoms with Crippen LogP contribution in [0.3, 0.4) is 0 Å². The van der Waals surface area contributed by atoms with Crippen molar-refractivity contribution >= 4 is 23.4 Å². The van der Waals surface area contributed by atoms with E-state index in [2.05, 4.69) is 34.2 Å². The van der Waals surface area contributed by atoms with Gasteiger partial charge in [-0.25, -0.2) is 0 Å². The van der Waals surface area contributed by atoms with Gasteiger partial charge in [0, 0.05) is 18.7 Å². The van der Waals surface area contributed by atoms with Crippen LogP contribution in [0.1, 0.15) is 11.4 Å². The van der Waals surface area contributed by atoms with Crippen molar-refractivity contribution in [1.29, 1.82) is 0 Å². The molecule has 3 rings (SSSR count). The first kappa shape index (κ1) is 17.9. The standard InChI is InChI=1S/C20H20N4OS/c1-2-13-24-18(14-16-9-5-3-6-10-16)22-23-20(24)26-15-19(25)21-17-11-7-4-8-12-17/h2-12H,1,13-15H2,(H,21,25). The molecule has 0 spiro atoms. The molecule has 0 fully saturated rings. The van der Waals surface area contributed by atoms with Crippen LogP contribution in [0, 0.1) is 0 Å². The van der Waals surface area contributed by atoms with Crippen molar-refractivity contribution in [1.82, 2.24) is 14.8 Å². The van der Waals surface area contributed by atoms with Crippen LogP contribution in [0.25, 0.3) is 0 Å². The number of aromatic nitrogens is 3. The monoisotopic (exact) mass is 364 g/mol. The molecule has 6 heteroatoms. The summed E-state index contributed by atoms with van der Waals surface area (Å²) < 4.78 is 2.00. The molecule has 0 atom stereocenters. The number of thioether (sulfide) groups is 1. The molecular weight excluding hydrogens is 344 g/mol. The zero-order valence-electron chi connectivity index (χ0n) is 14.3. The quantitative estimate of drug-likeness (QED) is 0.488. The molecule has 26 heavy (non-hydrogen) atoms. The summed E-state index contributed by atoms with van der Waals surface area (Å²) in [7, 11) is 0. The van der Waals surface area contributed by atoms with E-state index >= 15 is 0 Å². The second kappa shape index (κ2) is 9.01. The largest absolute Gasteiger partial charge is 0.325 e. The average Bonchev–Trinajstić information content (AvgIpc) is 3.04. The van der Waals surface area contributed by atoms with Crippen LogP contribution in [0.15, 0.2) is 78.5 Å². The first-order valence-electron chi connectivity index (χ1n) is 8.31. The number of hydrogen-bond acceptors (Lipinski definition) is 4. The minimum absolute atomic E-state index is 0.0704. The highest BCUT2D eigenvalue weighted by atomic mass is 32.2. The number of nitrogens with zero attached hydrogens (tertiary/aromatic N) is 3. The Morgan fingerprint density at radius 3 is 2.46 bits per heavy atom. The Hall–Kier alpha value is -2.86. The number of carbonyl (C=O) groups excluding carboxylic acids is 1. The number of amides is 1. The minimum atomic E-state index is -0.0704. The summed E-state index contributed by atoms with van der Waals surface area (Å²) in [6.07, 6.45) is 2.50. The molecule has 0 radical (unpaired) electrons. The van der Waals surface area contributed by atoms with E-state index in [1.165, 1.54) is 17.3 Å². The smallest absolute Gasteiger partial charge is 0.234 e. The highest BCUT2D eigenvalue weighted by molar-refractivity contribution is 7.99. The van der Waals surface area contributed by atoms with Gasteiger partial charge in [0.25, 0.3) is 0 Å². The summed E-state index contributed by atoms with van der Waals surface area (Å²) in [5.74, 6) is 1.07. The SMILES string of the molecule is C=CCn1c(Cc2ccccc2)nnc1SCC(=O)Nc1ccccc1. The first-order chi connectivity index (χ1) is 12.8. The number of para-hydroxylation sites is 1. The maximum absolute atomic E-state index is 12.1. The molecule has 1 heterocycles. The van der Waals surface area contributed by atoms with Gasteiger partial charge in [0.05, 0.1) is 5.75 Å². The van der Waals surface area contributed by atoms with Crippen LogP contribution in [0.5, 0.6) is 0 Å². The fourth-order valence-corrected chi connectivity index (χ4v) is 3.26. The van der Waals surface area contributed by atoms with Crippen molar-refractivity contribution < 1.29 is 4.79 Å². The van der Waals surface area contributed by atoms with E-state index in [4.69, 9.17) is 0 Å². The third-order valence-electron chi connectivity index (χ3n) is 3.70. The van der Waals surface area contributed by atoms with E-state index < -0.39 is 0 Å². The maximum atomic E-state index is 12.1.